The highest BCUT2D eigenvalue weighted by molar-refractivity contribution is 5.69. The van der Waals surface area contributed by atoms with Crippen LogP contribution in [0, 0.1) is 5.92 Å². The van der Waals surface area contributed by atoms with Crippen LogP contribution in [0.2, 0.25) is 0 Å². The molecule has 1 heterocycles. The van der Waals surface area contributed by atoms with Crippen molar-refractivity contribution in [2.24, 2.45) is 5.92 Å². The van der Waals surface area contributed by atoms with E-state index in [0.717, 1.165) is 71.0 Å². The van der Waals surface area contributed by atoms with Crippen molar-refractivity contribution in [2.45, 2.75) is 168 Å². The second kappa shape index (κ2) is 27.5. The second-order valence-corrected chi connectivity index (χ2v) is 12.7. The van der Waals surface area contributed by atoms with Crippen LogP contribution in [-0.2, 0) is 9.53 Å². The smallest absolute Gasteiger partial charge is 0.407 e. The summed E-state index contributed by atoms with van der Waals surface area (Å²) in [6, 6.07) is 0. The Labute approximate surface area is 254 Å². The summed E-state index contributed by atoms with van der Waals surface area (Å²) >= 11 is 0. The first-order valence-electron chi connectivity index (χ1n) is 17.9. The molecule has 6 heteroatoms. The van der Waals surface area contributed by atoms with Gasteiger partial charge in [-0.15, -0.1) is 0 Å². The lowest BCUT2D eigenvalue weighted by atomic mass is 9.94. The maximum absolute atomic E-state index is 12.0. The van der Waals surface area contributed by atoms with Gasteiger partial charge < -0.3 is 19.6 Å². The van der Waals surface area contributed by atoms with Gasteiger partial charge in [0, 0.05) is 19.5 Å². The Morgan fingerprint density at radius 3 is 1.78 bits per heavy atom. The van der Waals surface area contributed by atoms with Crippen LogP contribution in [0.4, 0.5) is 4.79 Å². The van der Waals surface area contributed by atoms with Crippen LogP contribution in [0.1, 0.15) is 168 Å². The van der Waals surface area contributed by atoms with E-state index >= 15 is 0 Å². The van der Waals surface area contributed by atoms with E-state index in [-0.39, 0.29) is 5.97 Å². The van der Waals surface area contributed by atoms with E-state index in [1.54, 1.807) is 4.90 Å². The number of rotatable bonds is 28. The minimum atomic E-state index is -0.766. The molecule has 0 aliphatic carbocycles. The maximum atomic E-state index is 12.0. The van der Waals surface area contributed by atoms with E-state index in [1.807, 2.05) is 0 Å². The quantitative estimate of drug-likeness (QED) is 0.0736. The van der Waals surface area contributed by atoms with Gasteiger partial charge >= 0.3 is 12.1 Å². The number of unbranched alkanes of at least 4 members (excludes halogenated alkanes) is 17. The molecule has 0 aromatic rings. The Bertz CT molecular complexity index is 615. The molecule has 1 atom stereocenters. The summed E-state index contributed by atoms with van der Waals surface area (Å²) in [6.45, 7) is 9.75. The number of carbonyl (C=O) groups excluding carboxylic acids is 1. The van der Waals surface area contributed by atoms with E-state index in [0.29, 0.717) is 32.0 Å². The van der Waals surface area contributed by atoms with Gasteiger partial charge in [0.15, 0.2) is 0 Å². The minimum Gasteiger partial charge on any atom is -0.466 e. The largest absolute Gasteiger partial charge is 0.466 e. The molecule has 6 nitrogen and oxygen atoms in total. The molecule has 1 aliphatic rings. The van der Waals surface area contributed by atoms with Gasteiger partial charge in [0.05, 0.1) is 6.61 Å². The number of piperidine rings is 1. The van der Waals surface area contributed by atoms with Crippen LogP contribution in [-0.4, -0.2) is 66.3 Å². The number of carbonyl (C=O) groups is 2. The third-order valence-corrected chi connectivity index (χ3v) is 8.84. The van der Waals surface area contributed by atoms with E-state index in [4.69, 9.17) is 4.74 Å². The Morgan fingerprint density at radius 2 is 1.22 bits per heavy atom. The molecule has 242 valence electrons. The summed E-state index contributed by atoms with van der Waals surface area (Å²) in [5.74, 6) is 0.454. The molecule has 41 heavy (non-hydrogen) atoms. The molecule has 0 saturated carbocycles. The van der Waals surface area contributed by atoms with Gasteiger partial charge in [-0.1, -0.05) is 117 Å². The first-order chi connectivity index (χ1) is 20.1. The molecule has 1 N–H and O–H groups in total. The van der Waals surface area contributed by atoms with E-state index in [9.17, 15) is 14.7 Å². The first-order valence-corrected chi connectivity index (χ1v) is 17.9. The average Bonchev–Trinajstić information content (AvgIpc) is 2.97. The van der Waals surface area contributed by atoms with Gasteiger partial charge in [0.25, 0.3) is 0 Å². The van der Waals surface area contributed by atoms with Crippen LogP contribution >= 0.6 is 0 Å². The monoisotopic (exact) mass is 581 g/mol. The SMILES string of the molecule is CCCCCCCCCCCCCCN(CCCCCC(=O)OCCCCCCC)CCC1CCCN(C(=O)O)C1. The Kier molecular flexibility index (Phi) is 25.3. The lowest BCUT2D eigenvalue weighted by Gasteiger charge is -2.32. The average molecular weight is 581 g/mol. The lowest BCUT2D eigenvalue weighted by Crippen LogP contribution is -2.40. The molecule has 1 amide bonds. The number of nitrogens with zero attached hydrogens (tertiary/aromatic N) is 2. The fourth-order valence-corrected chi connectivity index (χ4v) is 6.10. The molecule has 0 radical (unpaired) electrons. The third kappa shape index (κ3) is 22.9. The fourth-order valence-electron chi connectivity index (χ4n) is 6.10. The van der Waals surface area contributed by atoms with Crippen molar-refractivity contribution in [3.63, 3.8) is 0 Å². The summed E-state index contributed by atoms with van der Waals surface area (Å²) in [5.41, 5.74) is 0. The van der Waals surface area contributed by atoms with Crippen molar-refractivity contribution < 1.29 is 19.4 Å². The van der Waals surface area contributed by atoms with Crippen molar-refractivity contribution >= 4 is 12.1 Å². The molecule has 1 unspecified atom stereocenters. The summed E-state index contributed by atoms with van der Waals surface area (Å²) in [7, 11) is 0. The van der Waals surface area contributed by atoms with Gasteiger partial charge in [-0.05, 0) is 70.5 Å². The predicted octanol–water partition coefficient (Wildman–Crippen LogP) is 9.84. The Balaban J connectivity index is 2.23. The molecular weight excluding hydrogens is 512 g/mol. The van der Waals surface area contributed by atoms with Crippen LogP contribution in [0.15, 0.2) is 0 Å². The zero-order chi connectivity index (χ0) is 29.8. The highest BCUT2D eigenvalue weighted by atomic mass is 16.5. The van der Waals surface area contributed by atoms with Gasteiger partial charge in [0.2, 0.25) is 0 Å². The summed E-state index contributed by atoms with van der Waals surface area (Å²) in [6.07, 6.45) is 28.5. The van der Waals surface area contributed by atoms with Crippen molar-refractivity contribution in [3.8, 4) is 0 Å². The van der Waals surface area contributed by atoms with Gasteiger partial charge in [-0.2, -0.15) is 0 Å². The molecule has 1 saturated heterocycles. The summed E-state index contributed by atoms with van der Waals surface area (Å²) < 4.78 is 5.41. The third-order valence-electron chi connectivity index (χ3n) is 8.84. The summed E-state index contributed by atoms with van der Waals surface area (Å²) in [5, 5.41) is 9.39. The molecule has 1 fully saturated rings. The second-order valence-electron chi connectivity index (χ2n) is 12.7. The van der Waals surface area contributed by atoms with Crippen LogP contribution in [0.25, 0.3) is 0 Å². The standard InChI is InChI=1S/C35H68N2O4/c1-3-5-7-9-10-11-12-13-14-15-16-20-27-36(30-26-33-24-23-29-37(32-33)35(39)40)28-21-18-19-25-34(38)41-31-22-17-8-6-4-2/h33H,3-32H2,1-2H3,(H,39,40). The van der Waals surface area contributed by atoms with Crippen molar-refractivity contribution in [3.05, 3.63) is 0 Å². The van der Waals surface area contributed by atoms with Crippen molar-refractivity contribution in [1.82, 2.24) is 9.80 Å². The zero-order valence-electron chi connectivity index (χ0n) is 27.4. The normalized spacial score (nSPS) is 15.5. The lowest BCUT2D eigenvalue weighted by molar-refractivity contribution is -0.143. The highest BCUT2D eigenvalue weighted by Crippen LogP contribution is 2.21. The first kappa shape index (κ1) is 37.7. The molecule has 0 spiro atoms. The van der Waals surface area contributed by atoms with E-state index in [1.165, 1.54) is 96.3 Å². The summed E-state index contributed by atoms with van der Waals surface area (Å²) in [4.78, 5) is 27.7. The van der Waals surface area contributed by atoms with Crippen molar-refractivity contribution in [1.29, 1.82) is 0 Å². The highest BCUT2D eigenvalue weighted by Gasteiger charge is 2.23. The number of esters is 1. The van der Waals surface area contributed by atoms with Crippen LogP contribution < -0.4 is 0 Å². The fraction of sp³-hybridized carbons (Fsp3) is 0.943. The van der Waals surface area contributed by atoms with Gasteiger partial charge in [-0.25, -0.2) is 4.79 Å². The topological polar surface area (TPSA) is 70.1 Å². The molecule has 0 bridgehead atoms. The number of hydrogen-bond acceptors (Lipinski definition) is 4. The van der Waals surface area contributed by atoms with Crippen molar-refractivity contribution in [2.75, 3.05) is 39.3 Å². The number of ether oxygens (including phenoxy) is 1. The molecule has 0 aromatic heterocycles. The van der Waals surface area contributed by atoms with E-state index in [2.05, 4.69) is 18.7 Å². The predicted molar refractivity (Wildman–Crippen MR) is 173 cm³/mol. The van der Waals surface area contributed by atoms with Crippen LogP contribution in [0.5, 0.6) is 0 Å². The Morgan fingerprint density at radius 1 is 0.707 bits per heavy atom. The molecule has 0 aromatic carbocycles. The number of hydrogen-bond donors (Lipinski definition) is 1. The molecular formula is C35H68N2O4. The van der Waals surface area contributed by atoms with Gasteiger partial charge in [-0.3, -0.25) is 4.79 Å². The number of carboxylic acid groups (broad SMARTS) is 1. The molecule has 1 rings (SSSR count). The maximum Gasteiger partial charge on any atom is 0.407 e. The number of likely N-dealkylation sites (tertiary alicyclic amines) is 1. The van der Waals surface area contributed by atoms with E-state index < -0.39 is 6.09 Å². The zero-order valence-corrected chi connectivity index (χ0v) is 27.4. The Hall–Kier alpha value is -1.30. The van der Waals surface area contributed by atoms with Crippen LogP contribution in [0.3, 0.4) is 0 Å². The number of amides is 1. The molecule has 1 aliphatic heterocycles. The minimum absolute atomic E-state index is 0.0332. The van der Waals surface area contributed by atoms with Gasteiger partial charge in [0.1, 0.15) is 0 Å².